The van der Waals surface area contributed by atoms with Gasteiger partial charge in [0, 0.05) is 41.5 Å². The minimum atomic E-state index is -3.43. The molecule has 0 aromatic heterocycles. The van der Waals surface area contributed by atoms with Crippen LogP contribution in [0.2, 0.25) is 10.0 Å². The largest absolute Gasteiger partial charge is 0.469 e. The minimum absolute atomic E-state index is 0.0851. The predicted octanol–water partition coefficient (Wildman–Crippen LogP) is 6.07. The van der Waals surface area contributed by atoms with Gasteiger partial charge >= 0.3 is 5.97 Å². The van der Waals surface area contributed by atoms with E-state index >= 15 is 0 Å². The number of likely N-dealkylation sites (N-methyl/N-ethyl adjacent to an activating group) is 1. The zero-order chi connectivity index (χ0) is 29.2. The average Bonchev–Trinajstić information content (AvgIpc) is 3.79. The summed E-state index contributed by atoms with van der Waals surface area (Å²) in [7, 11) is -0.480. The van der Waals surface area contributed by atoms with Crippen LogP contribution in [0.25, 0.3) is 0 Å². The van der Waals surface area contributed by atoms with E-state index in [4.69, 9.17) is 27.9 Å². The Kier molecular flexibility index (Phi) is 9.87. The van der Waals surface area contributed by atoms with Crippen molar-refractivity contribution >= 4 is 45.1 Å². The van der Waals surface area contributed by atoms with Crippen molar-refractivity contribution in [2.45, 2.75) is 69.2 Å². The molecule has 1 saturated heterocycles. The summed E-state index contributed by atoms with van der Waals surface area (Å²) in [5, 5.41) is 0.841. The van der Waals surface area contributed by atoms with Crippen molar-refractivity contribution in [2.24, 2.45) is 11.8 Å². The van der Waals surface area contributed by atoms with Crippen molar-refractivity contribution in [1.82, 2.24) is 9.21 Å². The Morgan fingerprint density at radius 2 is 1.77 bits per heavy atom. The molecule has 0 spiro atoms. The highest BCUT2D eigenvalue weighted by atomic mass is 35.5. The fourth-order valence-corrected chi connectivity index (χ4v) is 7.89. The highest BCUT2D eigenvalue weighted by molar-refractivity contribution is 7.90. The summed E-state index contributed by atoms with van der Waals surface area (Å²) in [6, 6.07) is 14.4. The number of esters is 1. The van der Waals surface area contributed by atoms with Crippen molar-refractivity contribution in [3.63, 3.8) is 0 Å². The van der Waals surface area contributed by atoms with E-state index in [-0.39, 0.29) is 41.7 Å². The molecule has 0 radical (unpaired) electrons. The molecular formula is C30H38Cl2N2O5S. The van der Waals surface area contributed by atoms with E-state index in [1.165, 1.54) is 11.4 Å². The first-order valence-electron chi connectivity index (χ1n) is 13.8. The van der Waals surface area contributed by atoms with Gasteiger partial charge in [-0.3, -0.25) is 9.59 Å². The lowest BCUT2D eigenvalue weighted by Gasteiger charge is -2.49. The van der Waals surface area contributed by atoms with Crippen LogP contribution in [0.3, 0.4) is 0 Å². The standard InChI is InChI=1S/C30H38Cl2N2O5S/c1-5-25(18-33(3)40(37,38)26-13-14-26)34-28(20-9-11-23(31)12-10-20)27(21-7-6-8-24(32)16-21)17-22(29(34)35)15-19(2)30(36)39-4/h6-12,16,19,22,25-28H,5,13-15,17-18H2,1-4H3/t19?,22-,25?,27-,28-/m1/s1. The van der Waals surface area contributed by atoms with Gasteiger partial charge in [0.1, 0.15) is 0 Å². The molecule has 1 amide bonds. The number of halogens is 2. The SMILES string of the molecule is CCC(CN(C)S(=O)(=O)C1CC1)N1C(=O)[C@H](CC(C)C(=O)OC)C[C@H](c2cccc(Cl)c2)[C@H]1c1ccc(Cl)cc1. The fourth-order valence-electron chi connectivity index (χ4n) is 5.95. The topological polar surface area (TPSA) is 84.0 Å². The lowest BCUT2D eigenvalue weighted by Crippen LogP contribution is -2.55. The van der Waals surface area contributed by atoms with Gasteiger partial charge in [0.15, 0.2) is 0 Å². The highest BCUT2D eigenvalue weighted by Gasteiger charge is 2.47. The Morgan fingerprint density at radius 3 is 2.35 bits per heavy atom. The number of benzene rings is 2. The molecule has 5 atom stereocenters. The number of amides is 1. The van der Waals surface area contributed by atoms with E-state index in [1.54, 1.807) is 14.0 Å². The Bertz CT molecular complexity index is 1320. The average molecular weight is 610 g/mol. The summed E-state index contributed by atoms with van der Waals surface area (Å²) in [5.41, 5.74) is 1.89. The number of piperidine rings is 1. The molecule has 1 aliphatic carbocycles. The maximum absolute atomic E-state index is 14.4. The van der Waals surface area contributed by atoms with Crippen LogP contribution in [0, 0.1) is 11.8 Å². The normalized spacial score (nSPS) is 23.2. The summed E-state index contributed by atoms with van der Waals surface area (Å²) in [4.78, 5) is 28.6. The van der Waals surface area contributed by atoms with E-state index in [0.29, 0.717) is 42.1 Å². The summed E-state index contributed by atoms with van der Waals surface area (Å²) in [5.74, 6) is -1.52. The van der Waals surface area contributed by atoms with Crippen molar-refractivity contribution in [3.05, 3.63) is 69.7 Å². The smallest absolute Gasteiger partial charge is 0.308 e. The van der Waals surface area contributed by atoms with Gasteiger partial charge < -0.3 is 9.64 Å². The van der Waals surface area contributed by atoms with Crippen LogP contribution in [-0.4, -0.2) is 61.5 Å². The predicted molar refractivity (Wildman–Crippen MR) is 158 cm³/mol. The molecule has 2 fully saturated rings. The summed E-state index contributed by atoms with van der Waals surface area (Å²) >= 11 is 12.7. The van der Waals surface area contributed by atoms with Gasteiger partial charge in [-0.15, -0.1) is 0 Å². The Hall–Kier alpha value is -2.13. The molecule has 40 heavy (non-hydrogen) atoms. The first kappa shape index (κ1) is 30.8. The van der Waals surface area contributed by atoms with E-state index in [0.717, 1.165) is 11.1 Å². The first-order valence-corrected chi connectivity index (χ1v) is 16.1. The molecule has 0 bridgehead atoms. The molecule has 10 heteroatoms. The molecule has 2 aromatic rings. The third kappa shape index (κ3) is 6.67. The van der Waals surface area contributed by atoms with Gasteiger partial charge in [0.2, 0.25) is 15.9 Å². The van der Waals surface area contributed by atoms with E-state index < -0.39 is 21.9 Å². The number of carbonyl (C=O) groups excluding carboxylic acids is 2. The fraction of sp³-hybridized carbons (Fsp3) is 0.533. The number of ether oxygens (including phenoxy) is 1. The first-order chi connectivity index (χ1) is 19.0. The molecule has 1 heterocycles. The summed E-state index contributed by atoms with van der Waals surface area (Å²) in [6.45, 7) is 3.94. The Labute approximate surface area is 247 Å². The number of hydrogen-bond donors (Lipinski definition) is 0. The van der Waals surface area contributed by atoms with E-state index in [1.807, 2.05) is 60.4 Å². The van der Waals surface area contributed by atoms with Crippen LogP contribution in [0.4, 0.5) is 0 Å². The summed E-state index contributed by atoms with van der Waals surface area (Å²) in [6.07, 6.45) is 2.74. The van der Waals surface area contributed by atoms with Gasteiger partial charge in [-0.25, -0.2) is 12.7 Å². The van der Waals surface area contributed by atoms with Gasteiger partial charge in [0.25, 0.3) is 0 Å². The van der Waals surface area contributed by atoms with Crippen molar-refractivity contribution < 1.29 is 22.7 Å². The van der Waals surface area contributed by atoms with E-state index in [9.17, 15) is 18.0 Å². The molecule has 2 aliphatic rings. The number of likely N-dealkylation sites (tertiary alicyclic amines) is 1. The maximum Gasteiger partial charge on any atom is 0.308 e. The van der Waals surface area contributed by atoms with Gasteiger partial charge in [-0.2, -0.15) is 0 Å². The van der Waals surface area contributed by atoms with Crippen LogP contribution in [0.5, 0.6) is 0 Å². The monoisotopic (exact) mass is 608 g/mol. The second-order valence-electron chi connectivity index (χ2n) is 11.1. The van der Waals surface area contributed by atoms with Gasteiger partial charge in [-0.1, -0.05) is 61.3 Å². The van der Waals surface area contributed by atoms with Crippen LogP contribution in [-0.2, 0) is 24.3 Å². The number of methoxy groups -OCH3 is 1. The Balaban J connectivity index is 1.81. The molecule has 2 unspecified atom stereocenters. The second-order valence-corrected chi connectivity index (χ2v) is 14.3. The molecule has 1 aliphatic heterocycles. The highest BCUT2D eigenvalue weighted by Crippen LogP contribution is 2.48. The van der Waals surface area contributed by atoms with Crippen molar-refractivity contribution in [3.8, 4) is 0 Å². The maximum atomic E-state index is 14.4. The van der Waals surface area contributed by atoms with Gasteiger partial charge in [-0.05, 0) is 67.5 Å². The number of carbonyl (C=O) groups is 2. The van der Waals surface area contributed by atoms with Crippen molar-refractivity contribution in [1.29, 1.82) is 0 Å². The quantitative estimate of drug-likeness (QED) is 0.289. The second kappa shape index (κ2) is 12.8. The molecule has 218 valence electrons. The molecule has 2 aromatic carbocycles. The molecule has 7 nitrogen and oxygen atoms in total. The number of rotatable bonds is 11. The third-order valence-corrected chi connectivity index (χ3v) is 11.1. The molecule has 0 N–H and O–H groups in total. The van der Waals surface area contributed by atoms with Gasteiger partial charge in [0.05, 0.1) is 24.3 Å². The lowest BCUT2D eigenvalue weighted by atomic mass is 9.73. The van der Waals surface area contributed by atoms with Crippen LogP contribution < -0.4 is 0 Å². The zero-order valence-corrected chi connectivity index (χ0v) is 25.8. The van der Waals surface area contributed by atoms with Crippen LogP contribution in [0.15, 0.2) is 48.5 Å². The van der Waals surface area contributed by atoms with E-state index in [2.05, 4.69) is 0 Å². The van der Waals surface area contributed by atoms with Crippen LogP contribution in [0.1, 0.15) is 69.0 Å². The molecule has 4 rings (SSSR count). The molecule has 1 saturated carbocycles. The minimum Gasteiger partial charge on any atom is -0.469 e. The zero-order valence-electron chi connectivity index (χ0n) is 23.4. The number of sulfonamides is 1. The number of nitrogens with zero attached hydrogens (tertiary/aromatic N) is 2. The third-order valence-electron chi connectivity index (χ3n) is 8.27. The van der Waals surface area contributed by atoms with Crippen molar-refractivity contribution in [2.75, 3.05) is 20.7 Å². The van der Waals surface area contributed by atoms with Crippen LogP contribution >= 0.6 is 23.2 Å². The lowest BCUT2D eigenvalue weighted by molar-refractivity contribution is -0.150. The Morgan fingerprint density at radius 1 is 1.10 bits per heavy atom. The molecular weight excluding hydrogens is 571 g/mol. The number of hydrogen-bond acceptors (Lipinski definition) is 5. The summed E-state index contributed by atoms with van der Waals surface area (Å²) < 4.78 is 32.5.